The Morgan fingerprint density at radius 2 is 1.45 bits per heavy atom. The number of hydrogen-bond donors (Lipinski definition) is 6. The van der Waals surface area contributed by atoms with Crippen LogP contribution >= 0.6 is 0 Å². The average molecular weight is 810 g/mol. The molecule has 2 aromatic carbocycles. The van der Waals surface area contributed by atoms with Crippen molar-refractivity contribution < 1.29 is 28.3 Å². The maximum atomic E-state index is 16.1. The van der Waals surface area contributed by atoms with Crippen molar-refractivity contribution in [3.8, 4) is 0 Å². The molecule has 8 N–H and O–H groups in total. The van der Waals surface area contributed by atoms with E-state index >= 15 is 4.39 Å². The molecule has 58 heavy (non-hydrogen) atoms. The highest BCUT2D eigenvalue weighted by Gasteiger charge is 2.53. The fourth-order valence-electron chi connectivity index (χ4n) is 6.90. The van der Waals surface area contributed by atoms with Crippen molar-refractivity contribution >= 4 is 29.3 Å². The molecule has 0 bridgehead atoms. The molecule has 1 aliphatic rings. The largest absolute Gasteiger partial charge is 0.375 e. The third-order valence-electron chi connectivity index (χ3n) is 12.0. The van der Waals surface area contributed by atoms with Gasteiger partial charge in [0, 0.05) is 37.4 Å². The summed E-state index contributed by atoms with van der Waals surface area (Å²) in [6, 6.07) is 18.4. The number of nitrogens with one attached hydrogen (secondary N) is 4. The number of alkyl halides is 1. The highest BCUT2D eigenvalue weighted by molar-refractivity contribution is 6.13. The predicted octanol–water partition coefficient (Wildman–Crippen LogP) is 5.39. The standard InChI is InChI=1S/C42H63FN6O5.C3H9N/c1-28(41(4,5)37(43)39(53)47-23-13-9-12-22-46-33(51)26-44)34(42(6,7)40(2,3)21-20-32(45)50)38(52)48-24-25-54-27-29-16-18-31(19-17-29)36-35(49-36)30-14-10-8-11-15-30;1-3-4-2/h8,10-11,14-19,28,34-35,37H,9,12-13,20-27,44H2,1-7H3,(H2,45,50)(H,46,51)(H,47,53)(H,48,52);4H,3H2,1-2H3. The van der Waals surface area contributed by atoms with Crippen LogP contribution < -0.4 is 32.7 Å². The summed E-state index contributed by atoms with van der Waals surface area (Å²) in [4.78, 5) is 54.9. The predicted molar refractivity (Wildman–Crippen MR) is 231 cm³/mol. The van der Waals surface area contributed by atoms with E-state index in [-0.39, 0.29) is 50.5 Å². The second-order valence-electron chi connectivity index (χ2n) is 17.0. The molecule has 4 amide bonds. The third kappa shape index (κ3) is 15.2. The first-order valence-electron chi connectivity index (χ1n) is 20.7. The summed E-state index contributed by atoms with van der Waals surface area (Å²) in [5.41, 5.74) is 12.6. The van der Waals surface area contributed by atoms with Gasteiger partial charge in [0.25, 0.3) is 5.91 Å². The lowest BCUT2D eigenvalue weighted by atomic mass is 9.53. The summed E-state index contributed by atoms with van der Waals surface area (Å²) in [5.74, 6) is -2.98. The van der Waals surface area contributed by atoms with Crippen molar-refractivity contribution in [3.05, 3.63) is 71.3 Å². The first-order chi connectivity index (χ1) is 27.3. The molecule has 3 rings (SSSR count). The lowest BCUT2D eigenvalue weighted by Crippen LogP contribution is -2.55. The van der Waals surface area contributed by atoms with Crippen molar-refractivity contribution in [2.75, 3.05) is 46.4 Å². The Morgan fingerprint density at radius 1 is 0.862 bits per heavy atom. The van der Waals surface area contributed by atoms with Gasteiger partial charge in [-0.3, -0.25) is 24.2 Å². The number of benzene rings is 2. The molecule has 0 radical (unpaired) electrons. The van der Waals surface area contributed by atoms with Gasteiger partial charge in [-0.2, -0.15) is 0 Å². The molecule has 12 nitrogen and oxygen atoms in total. The Bertz CT molecular complexity index is 1610. The Labute approximate surface area is 346 Å². The van der Waals surface area contributed by atoms with Crippen LogP contribution in [0.4, 0.5) is 4.39 Å². The molecule has 0 aromatic heterocycles. The van der Waals surface area contributed by atoms with Crippen LogP contribution in [0.3, 0.4) is 0 Å². The lowest BCUT2D eigenvalue weighted by molar-refractivity contribution is -0.146. The molecule has 1 aliphatic heterocycles. The minimum absolute atomic E-state index is 0.0645. The summed E-state index contributed by atoms with van der Waals surface area (Å²) in [7, 11) is 1.93. The van der Waals surface area contributed by atoms with Gasteiger partial charge >= 0.3 is 0 Å². The maximum absolute atomic E-state index is 16.1. The zero-order valence-electron chi connectivity index (χ0n) is 36.5. The molecular formula is C45H72FN7O5. The number of carbonyl (C=O) groups is 4. The summed E-state index contributed by atoms with van der Waals surface area (Å²) >= 11 is 0. The number of hydrogen-bond acceptors (Lipinski definition) is 8. The van der Waals surface area contributed by atoms with Crippen molar-refractivity contribution in [2.24, 2.45) is 44.5 Å². The van der Waals surface area contributed by atoms with Crippen molar-refractivity contribution in [3.63, 3.8) is 0 Å². The zero-order valence-corrected chi connectivity index (χ0v) is 36.5. The number of carbonyl (C=O) groups excluding carboxylic acids is 4. The minimum atomic E-state index is -1.89. The summed E-state index contributed by atoms with van der Waals surface area (Å²) in [6.45, 7) is 17.8. The lowest BCUT2D eigenvalue weighted by Gasteiger charge is -2.51. The molecule has 0 spiro atoms. The van der Waals surface area contributed by atoms with E-state index in [9.17, 15) is 19.2 Å². The van der Waals surface area contributed by atoms with Crippen LogP contribution in [0.25, 0.3) is 0 Å². The minimum Gasteiger partial charge on any atom is -0.375 e. The first kappa shape index (κ1) is 49.9. The van der Waals surface area contributed by atoms with Crippen LogP contribution in [0.2, 0.25) is 0 Å². The molecule has 2 aromatic rings. The van der Waals surface area contributed by atoms with Crippen LogP contribution in [0, 0.1) is 28.1 Å². The number of amides is 4. The Balaban J connectivity index is 0.00000276. The third-order valence-corrected chi connectivity index (χ3v) is 12.0. The van der Waals surface area contributed by atoms with Crippen molar-refractivity contribution in [1.29, 1.82) is 0 Å². The van der Waals surface area contributed by atoms with Crippen LogP contribution in [-0.4, -0.2) is 81.9 Å². The van der Waals surface area contributed by atoms with Crippen LogP contribution in [0.15, 0.2) is 59.6 Å². The van der Waals surface area contributed by atoms with E-state index in [0.29, 0.717) is 32.4 Å². The molecule has 324 valence electrons. The van der Waals surface area contributed by atoms with Gasteiger partial charge in [-0.15, -0.1) is 0 Å². The molecule has 4 unspecified atom stereocenters. The number of nitrogens with zero attached hydrogens (tertiary/aromatic N) is 1. The number of rotatable bonds is 25. The molecule has 0 aliphatic carbocycles. The van der Waals surface area contributed by atoms with E-state index in [4.69, 9.17) is 16.2 Å². The topological polar surface area (TPSA) is 190 Å². The van der Waals surface area contributed by atoms with Crippen LogP contribution in [-0.2, 0) is 30.5 Å². The van der Waals surface area contributed by atoms with E-state index in [2.05, 4.69) is 45.3 Å². The molecule has 0 saturated heterocycles. The van der Waals surface area contributed by atoms with E-state index in [1.54, 1.807) is 13.8 Å². The quantitative estimate of drug-likeness (QED) is 0.0726. The normalized spacial score (nSPS) is 15.5. The van der Waals surface area contributed by atoms with Crippen molar-refractivity contribution in [2.45, 2.75) is 106 Å². The fourth-order valence-corrected chi connectivity index (χ4v) is 6.90. The smallest absolute Gasteiger partial charge is 0.255 e. The van der Waals surface area contributed by atoms with E-state index in [1.165, 1.54) is 5.56 Å². The number of unbranched alkanes of at least 4 members (excludes halogenated alkanes) is 2. The van der Waals surface area contributed by atoms with E-state index in [1.807, 2.05) is 84.1 Å². The van der Waals surface area contributed by atoms with Gasteiger partial charge in [0.1, 0.15) is 6.04 Å². The number of primary amides is 1. The number of aliphatic imine (C=N–C) groups is 1. The summed E-state index contributed by atoms with van der Waals surface area (Å²) in [5, 5.41) is 11.4. The average Bonchev–Trinajstić information content (AvgIpc) is 4.01. The molecular weight excluding hydrogens is 738 g/mol. The monoisotopic (exact) mass is 810 g/mol. The van der Waals surface area contributed by atoms with Crippen LogP contribution in [0.5, 0.6) is 0 Å². The molecule has 0 saturated carbocycles. The molecule has 13 heteroatoms. The highest BCUT2D eigenvalue weighted by Crippen LogP contribution is 2.53. The van der Waals surface area contributed by atoms with Gasteiger partial charge < -0.3 is 37.5 Å². The van der Waals surface area contributed by atoms with Gasteiger partial charge in [-0.1, -0.05) is 110 Å². The second-order valence-corrected chi connectivity index (χ2v) is 17.0. The van der Waals surface area contributed by atoms with Gasteiger partial charge in [-0.25, -0.2) is 4.39 Å². The highest BCUT2D eigenvalue weighted by atomic mass is 19.1. The van der Waals surface area contributed by atoms with Gasteiger partial charge in [-0.05, 0) is 72.7 Å². The van der Waals surface area contributed by atoms with Gasteiger partial charge in [0.05, 0.1) is 25.5 Å². The summed E-state index contributed by atoms with van der Waals surface area (Å²) < 4.78 is 22.1. The summed E-state index contributed by atoms with van der Waals surface area (Å²) in [6.07, 6.45) is 0.765. The fraction of sp³-hybridized carbons (Fsp3) is 0.622. The second kappa shape index (κ2) is 24.0. The molecule has 1 heterocycles. The Hall–Kier alpha value is -4.20. The van der Waals surface area contributed by atoms with E-state index < -0.39 is 46.1 Å². The van der Waals surface area contributed by atoms with E-state index in [0.717, 1.165) is 29.8 Å². The molecule has 4 atom stereocenters. The van der Waals surface area contributed by atoms with Crippen molar-refractivity contribution in [1.82, 2.24) is 21.3 Å². The zero-order chi connectivity index (χ0) is 43.5. The SMILES string of the molecule is CC(C(C(=O)NCCOCc1ccc(C2=NC2c2ccccc2)cc1)C(C)(C)C(C)(C)CCC(N)=O)C(C)(C)C(F)C(=O)NCCCCCNC(=O)CN.CCNC. The Morgan fingerprint density at radius 3 is 2.02 bits per heavy atom. The maximum Gasteiger partial charge on any atom is 0.255 e. The van der Waals surface area contributed by atoms with Gasteiger partial charge in [0.15, 0.2) is 6.17 Å². The van der Waals surface area contributed by atoms with Crippen LogP contribution in [0.1, 0.15) is 110 Å². The number of halogens is 1. The first-order valence-corrected chi connectivity index (χ1v) is 20.7. The molecule has 0 fully saturated rings. The number of nitrogens with two attached hydrogens (primary N) is 2. The Kier molecular flexibility index (Phi) is 20.7. The van der Waals surface area contributed by atoms with Gasteiger partial charge in [0.2, 0.25) is 17.7 Å². The number of ether oxygens (including phenoxy) is 1.